The van der Waals surface area contributed by atoms with Gasteiger partial charge in [0.05, 0.1) is 28.4 Å². The number of nitrogens with one attached hydrogen (secondary N) is 1. The molecule has 3 aromatic rings. The Morgan fingerprint density at radius 2 is 1.43 bits per heavy atom. The molecule has 3 saturated heterocycles. The molecule has 1 atom stereocenters. The number of halogens is 1. The number of carbonyl (C=O) groups is 6. The van der Waals surface area contributed by atoms with Crippen molar-refractivity contribution in [3.63, 3.8) is 0 Å². The summed E-state index contributed by atoms with van der Waals surface area (Å²) in [4.78, 5) is 87.1. The summed E-state index contributed by atoms with van der Waals surface area (Å²) in [6.45, 7) is 15.5. The average Bonchev–Trinajstić information content (AvgIpc) is 3.53. The summed E-state index contributed by atoms with van der Waals surface area (Å²) in [5.41, 5.74) is 8.71. The van der Waals surface area contributed by atoms with Gasteiger partial charge in [0, 0.05) is 92.1 Å². The monoisotopic (exact) mass is 911 g/mol. The van der Waals surface area contributed by atoms with Crippen LogP contribution < -0.4 is 25.6 Å². The quantitative estimate of drug-likeness (QED) is 0.126. The maximum atomic E-state index is 13.7. The number of amides is 5. The smallest absolute Gasteiger partial charge is 0.489 e. The van der Waals surface area contributed by atoms with Gasteiger partial charge in [-0.15, -0.1) is 0 Å². The number of rotatable bonds is 12. The summed E-state index contributed by atoms with van der Waals surface area (Å²) < 4.78 is 16.0. The summed E-state index contributed by atoms with van der Waals surface area (Å²) in [6, 6.07) is 17.1. The van der Waals surface area contributed by atoms with E-state index in [2.05, 4.69) is 47.7 Å². The Labute approximate surface area is 384 Å². The van der Waals surface area contributed by atoms with Crippen molar-refractivity contribution in [1.82, 2.24) is 20.0 Å². The minimum atomic E-state index is -1.19. The Morgan fingerprint density at radius 1 is 0.785 bits per heavy atom. The second-order valence-electron chi connectivity index (χ2n) is 18.9. The fraction of sp³-hybridized carbons (Fsp3) is 0.500. The van der Waals surface area contributed by atoms with Gasteiger partial charge in [0.1, 0.15) is 17.9 Å². The SMILES string of the molecule is CCOC(=O)OCN1C(=O)CCC(N2C(=O)c3ccc(N4CCN(CC5CCN(c6ccc(C(=O)NC7C(C)(C)C(Oc8ccc(N)c(Cl)c8)C7(C)C)cc6)CC5)CC4)cc3C2=O)C1=O. The van der Waals surface area contributed by atoms with E-state index in [1.54, 1.807) is 31.2 Å². The number of nitrogens with two attached hydrogens (primary N) is 1. The Hall–Kier alpha value is -5.87. The zero-order chi connectivity index (χ0) is 46.4. The number of piperazine rings is 1. The van der Waals surface area contributed by atoms with Gasteiger partial charge in [0.15, 0.2) is 6.73 Å². The molecule has 4 fully saturated rings. The number of carbonyl (C=O) groups excluding carboxylic acids is 6. The van der Waals surface area contributed by atoms with Crippen molar-refractivity contribution in [3.05, 3.63) is 82.4 Å². The maximum Gasteiger partial charge on any atom is 0.510 e. The van der Waals surface area contributed by atoms with Crippen LogP contribution in [-0.2, 0) is 19.1 Å². The Kier molecular flexibility index (Phi) is 12.8. The van der Waals surface area contributed by atoms with Crippen LogP contribution in [0.15, 0.2) is 60.7 Å². The average molecular weight is 912 g/mol. The van der Waals surface area contributed by atoms with Gasteiger partial charge in [0.25, 0.3) is 23.6 Å². The zero-order valence-electron chi connectivity index (χ0n) is 37.6. The van der Waals surface area contributed by atoms with Crippen LogP contribution in [0.3, 0.4) is 0 Å². The normalized spacial score (nSPS) is 23.3. The number of likely N-dealkylation sites (tertiary alicyclic amines) is 1. The molecule has 346 valence electrons. The molecule has 3 aromatic carbocycles. The van der Waals surface area contributed by atoms with Gasteiger partial charge in [-0.05, 0) is 86.7 Å². The fourth-order valence-electron chi connectivity index (χ4n) is 10.7. The number of anilines is 3. The van der Waals surface area contributed by atoms with E-state index in [4.69, 9.17) is 31.5 Å². The van der Waals surface area contributed by atoms with Gasteiger partial charge < -0.3 is 35.1 Å². The number of ether oxygens (including phenoxy) is 3. The van der Waals surface area contributed by atoms with Crippen LogP contribution in [0.4, 0.5) is 21.9 Å². The molecule has 8 rings (SSSR count). The van der Waals surface area contributed by atoms with Gasteiger partial charge in [-0.25, -0.2) is 9.69 Å². The molecule has 1 unspecified atom stereocenters. The molecular formula is C48H58ClN7O9. The van der Waals surface area contributed by atoms with Gasteiger partial charge in [-0.1, -0.05) is 39.3 Å². The fourth-order valence-corrected chi connectivity index (χ4v) is 10.9. The third-order valence-electron chi connectivity index (χ3n) is 14.0. The highest BCUT2D eigenvalue weighted by molar-refractivity contribution is 6.33. The number of piperidine rings is 2. The minimum absolute atomic E-state index is 0.0126. The number of benzene rings is 3. The molecule has 4 aliphatic heterocycles. The van der Waals surface area contributed by atoms with Crippen molar-refractivity contribution >= 4 is 64.4 Å². The van der Waals surface area contributed by atoms with Crippen molar-refractivity contribution in [1.29, 1.82) is 0 Å². The van der Waals surface area contributed by atoms with Gasteiger partial charge in [0.2, 0.25) is 5.91 Å². The van der Waals surface area contributed by atoms with E-state index in [-0.39, 0.29) is 59.5 Å². The van der Waals surface area contributed by atoms with Crippen LogP contribution in [0, 0.1) is 16.7 Å². The third kappa shape index (κ3) is 8.94. The summed E-state index contributed by atoms with van der Waals surface area (Å²) in [6.07, 6.45) is 0.833. The van der Waals surface area contributed by atoms with Crippen LogP contribution >= 0.6 is 11.6 Å². The number of imide groups is 2. The highest BCUT2D eigenvalue weighted by Crippen LogP contribution is 2.55. The molecule has 1 aliphatic carbocycles. The lowest BCUT2D eigenvalue weighted by Gasteiger charge is -2.63. The van der Waals surface area contributed by atoms with E-state index in [9.17, 15) is 28.8 Å². The molecule has 1 saturated carbocycles. The summed E-state index contributed by atoms with van der Waals surface area (Å²) in [7, 11) is 0. The van der Waals surface area contributed by atoms with E-state index in [0.717, 1.165) is 79.8 Å². The first-order valence-corrected chi connectivity index (χ1v) is 22.9. The van der Waals surface area contributed by atoms with E-state index in [1.165, 1.54) is 0 Å². The van der Waals surface area contributed by atoms with Crippen molar-refractivity contribution < 1.29 is 43.0 Å². The number of nitrogens with zero attached hydrogens (tertiary/aromatic N) is 5. The molecule has 3 N–H and O–H groups in total. The second kappa shape index (κ2) is 18.2. The largest absolute Gasteiger partial charge is 0.510 e. The van der Waals surface area contributed by atoms with Crippen LogP contribution in [0.1, 0.15) is 91.4 Å². The van der Waals surface area contributed by atoms with E-state index in [1.807, 2.05) is 36.4 Å². The zero-order valence-corrected chi connectivity index (χ0v) is 38.4. The summed E-state index contributed by atoms with van der Waals surface area (Å²) >= 11 is 6.24. The molecule has 4 heterocycles. The van der Waals surface area contributed by atoms with Crippen LogP contribution in [0.2, 0.25) is 5.02 Å². The molecule has 65 heavy (non-hydrogen) atoms. The van der Waals surface area contributed by atoms with Gasteiger partial charge in [-0.3, -0.25) is 33.8 Å². The first-order chi connectivity index (χ1) is 31.0. The highest BCUT2D eigenvalue weighted by Gasteiger charge is 2.64. The maximum absolute atomic E-state index is 13.7. The number of hydrogen-bond acceptors (Lipinski definition) is 13. The van der Waals surface area contributed by atoms with Gasteiger partial charge >= 0.3 is 6.16 Å². The molecule has 5 amide bonds. The molecule has 16 nitrogen and oxygen atoms in total. The molecule has 0 radical (unpaired) electrons. The third-order valence-corrected chi connectivity index (χ3v) is 14.3. The van der Waals surface area contributed by atoms with Crippen molar-refractivity contribution in [3.8, 4) is 5.75 Å². The molecule has 17 heteroatoms. The standard InChI is InChI=1S/C48H58ClN7O9/c1-6-63-46(62)64-28-55-39(57)16-15-38(43(55)61)56-41(59)34-13-11-32(25-35(34)42(56)60)54-23-21-52(22-24-54)27-29-17-19-53(20-18-29)31-9-7-30(8-10-31)40(58)51-44-47(2,3)45(48(44,4)5)65-33-12-14-37(50)36(49)26-33/h7-14,25-26,29,38,44-45H,6,15-24,27-28,50H2,1-5H3,(H,51,58). The number of fused-ring (bicyclic) bond motifs is 1. The van der Waals surface area contributed by atoms with Crippen molar-refractivity contribution in [2.24, 2.45) is 16.7 Å². The molecule has 0 spiro atoms. The predicted molar refractivity (Wildman–Crippen MR) is 244 cm³/mol. The highest BCUT2D eigenvalue weighted by atomic mass is 35.5. The van der Waals surface area contributed by atoms with Gasteiger partial charge in [-0.2, -0.15) is 0 Å². The Morgan fingerprint density at radius 3 is 2.09 bits per heavy atom. The van der Waals surface area contributed by atoms with Crippen LogP contribution in [0.5, 0.6) is 5.75 Å². The minimum Gasteiger partial charge on any atom is -0.489 e. The lowest BCUT2D eigenvalue weighted by molar-refractivity contribution is -0.164. The lowest BCUT2D eigenvalue weighted by atomic mass is 9.49. The summed E-state index contributed by atoms with van der Waals surface area (Å²) in [5.74, 6) is -1.42. The number of hydrogen-bond donors (Lipinski definition) is 2. The van der Waals surface area contributed by atoms with Crippen LogP contribution in [-0.4, -0.2) is 128 Å². The molecule has 0 aromatic heterocycles. The van der Waals surface area contributed by atoms with Crippen molar-refractivity contribution in [2.45, 2.75) is 78.5 Å². The first kappa shape index (κ1) is 45.7. The number of nitrogen functional groups attached to an aromatic ring is 1. The molecule has 5 aliphatic rings. The Balaban J connectivity index is 0.787. The van der Waals surface area contributed by atoms with Crippen LogP contribution in [0.25, 0.3) is 0 Å². The Bertz CT molecular complexity index is 2340. The lowest BCUT2D eigenvalue weighted by Crippen LogP contribution is -2.74. The van der Waals surface area contributed by atoms with E-state index >= 15 is 0 Å². The summed E-state index contributed by atoms with van der Waals surface area (Å²) in [5, 5.41) is 3.74. The second-order valence-corrected chi connectivity index (χ2v) is 19.3. The van der Waals surface area contributed by atoms with E-state index in [0.29, 0.717) is 27.9 Å². The predicted octanol–water partition coefficient (Wildman–Crippen LogP) is 5.82. The van der Waals surface area contributed by atoms with Crippen molar-refractivity contribution in [2.75, 3.05) is 74.7 Å². The molecule has 0 bridgehead atoms. The van der Waals surface area contributed by atoms with E-state index < -0.39 is 42.6 Å². The molecular weight excluding hydrogens is 854 g/mol. The first-order valence-electron chi connectivity index (χ1n) is 22.5. The topological polar surface area (TPSA) is 184 Å².